The van der Waals surface area contributed by atoms with E-state index in [1.807, 2.05) is 0 Å². The molecule has 0 aliphatic heterocycles. The van der Waals surface area contributed by atoms with Gasteiger partial charge in [0.25, 0.3) is 0 Å². The van der Waals surface area contributed by atoms with Crippen LogP contribution in [-0.2, 0) is 6.61 Å². The molecule has 0 spiro atoms. The van der Waals surface area contributed by atoms with Crippen LogP contribution in [0.3, 0.4) is 0 Å². The van der Waals surface area contributed by atoms with Gasteiger partial charge < -0.3 is 5.11 Å². The van der Waals surface area contributed by atoms with Gasteiger partial charge in [-0.3, -0.25) is 0 Å². The highest BCUT2D eigenvalue weighted by atomic mass is 35.5. The van der Waals surface area contributed by atoms with Crippen molar-refractivity contribution in [3.8, 4) is 5.69 Å². The Balaban J connectivity index is 2.30. The summed E-state index contributed by atoms with van der Waals surface area (Å²) in [6, 6.07) is 1.59. The quantitative estimate of drug-likeness (QED) is 0.784. The third-order valence-electron chi connectivity index (χ3n) is 2.35. The van der Waals surface area contributed by atoms with Gasteiger partial charge in [-0.15, -0.1) is 5.10 Å². The summed E-state index contributed by atoms with van der Waals surface area (Å²) in [5, 5.41) is 17.5. The summed E-state index contributed by atoms with van der Waals surface area (Å²) < 4.78 is 9.72. The number of hydrogen-bond acceptors (Lipinski definition) is 6. The van der Waals surface area contributed by atoms with Crippen LogP contribution in [0.4, 0.5) is 0 Å². The molecular weight excluding hydrogens is 297 g/mol. The van der Waals surface area contributed by atoms with Crippen molar-refractivity contribution in [1.29, 1.82) is 0 Å². The Morgan fingerprint density at radius 2 is 2.00 bits per heavy atom. The summed E-state index contributed by atoms with van der Waals surface area (Å²) >= 11 is 13.2. The van der Waals surface area contributed by atoms with Gasteiger partial charge in [0.2, 0.25) is 0 Å². The topological polar surface area (TPSA) is 76.7 Å². The molecule has 0 aliphatic rings. The van der Waals surface area contributed by atoms with Crippen molar-refractivity contribution >= 4 is 46.0 Å². The van der Waals surface area contributed by atoms with E-state index in [4.69, 9.17) is 28.3 Å². The average Bonchev–Trinajstić information content (AvgIpc) is 2.97. The molecule has 0 aliphatic carbocycles. The van der Waals surface area contributed by atoms with Crippen LogP contribution in [0.1, 0.15) is 5.69 Å². The maximum absolute atomic E-state index is 8.99. The molecule has 0 atom stereocenters. The standard InChI is InChI=1S/C9H5Cl2N5OS/c10-5-1-6(11)9(8-7(5)13-18-14-8)16-2-4(3-17)12-15-16/h1-2,17H,3H2. The van der Waals surface area contributed by atoms with Crippen molar-refractivity contribution in [2.24, 2.45) is 0 Å². The highest BCUT2D eigenvalue weighted by Gasteiger charge is 2.16. The van der Waals surface area contributed by atoms with Crippen LogP contribution in [0.25, 0.3) is 16.7 Å². The molecule has 0 fully saturated rings. The number of nitrogens with zero attached hydrogens (tertiary/aromatic N) is 5. The van der Waals surface area contributed by atoms with Crippen LogP contribution in [-0.4, -0.2) is 28.8 Å². The fraction of sp³-hybridized carbons (Fsp3) is 0.111. The first-order chi connectivity index (χ1) is 8.70. The predicted octanol–water partition coefficient (Wildman–Crippen LogP) is 2.07. The van der Waals surface area contributed by atoms with E-state index in [1.165, 1.54) is 4.68 Å². The molecule has 0 amide bonds. The molecule has 0 bridgehead atoms. The second-order valence-corrected chi connectivity index (χ2v) is 4.81. The van der Waals surface area contributed by atoms with Crippen LogP contribution in [0.5, 0.6) is 0 Å². The van der Waals surface area contributed by atoms with Gasteiger partial charge in [0.1, 0.15) is 22.4 Å². The second-order valence-electron chi connectivity index (χ2n) is 3.46. The molecular formula is C9H5Cl2N5OS. The third kappa shape index (κ3) is 1.76. The summed E-state index contributed by atoms with van der Waals surface area (Å²) in [5.41, 5.74) is 2.13. The summed E-state index contributed by atoms with van der Waals surface area (Å²) in [6.07, 6.45) is 1.58. The normalized spacial score (nSPS) is 11.3. The van der Waals surface area contributed by atoms with E-state index in [9.17, 15) is 0 Å². The SMILES string of the molecule is OCc1cn(-c2c(Cl)cc(Cl)c3nsnc23)nn1. The van der Waals surface area contributed by atoms with E-state index in [-0.39, 0.29) is 6.61 Å². The van der Waals surface area contributed by atoms with E-state index in [0.29, 0.717) is 32.5 Å². The lowest BCUT2D eigenvalue weighted by molar-refractivity contribution is 0.276. The van der Waals surface area contributed by atoms with E-state index in [0.717, 1.165) is 11.7 Å². The molecule has 9 heteroatoms. The van der Waals surface area contributed by atoms with E-state index >= 15 is 0 Å². The minimum atomic E-state index is -0.191. The minimum Gasteiger partial charge on any atom is -0.390 e. The molecule has 3 rings (SSSR count). The summed E-state index contributed by atoms with van der Waals surface area (Å²) in [7, 11) is 0. The van der Waals surface area contributed by atoms with Gasteiger partial charge >= 0.3 is 0 Å². The molecule has 2 aromatic heterocycles. The largest absolute Gasteiger partial charge is 0.390 e. The molecule has 6 nitrogen and oxygen atoms in total. The van der Waals surface area contributed by atoms with Crippen molar-refractivity contribution in [3.05, 3.63) is 28.0 Å². The lowest BCUT2D eigenvalue weighted by Gasteiger charge is -2.04. The Kier molecular flexibility index (Phi) is 2.90. The van der Waals surface area contributed by atoms with Gasteiger partial charge in [-0.05, 0) is 6.07 Å². The number of aliphatic hydroxyl groups excluding tert-OH is 1. The number of aliphatic hydroxyl groups is 1. The fourth-order valence-electron chi connectivity index (χ4n) is 1.56. The summed E-state index contributed by atoms with van der Waals surface area (Å²) in [4.78, 5) is 0. The molecule has 1 N–H and O–H groups in total. The maximum atomic E-state index is 8.99. The van der Waals surface area contributed by atoms with Crippen LogP contribution >= 0.6 is 34.9 Å². The first-order valence-corrected chi connectivity index (χ1v) is 6.32. The molecule has 0 saturated heterocycles. The first kappa shape index (κ1) is 11.8. The number of halogens is 2. The number of aromatic nitrogens is 5. The highest BCUT2D eigenvalue weighted by Crippen LogP contribution is 2.33. The minimum absolute atomic E-state index is 0.191. The number of fused-ring (bicyclic) bond motifs is 1. The van der Waals surface area contributed by atoms with Gasteiger partial charge in [-0.25, -0.2) is 4.68 Å². The molecule has 92 valence electrons. The van der Waals surface area contributed by atoms with Gasteiger partial charge in [0.05, 0.1) is 34.6 Å². The Hall–Kier alpha value is -1.28. The Morgan fingerprint density at radius 3 is 2.72 bits per heavy atom. The zero-order valence-electron chi connectivity index (χ0n) is 8.71. The van der Waals surface area contributed by atoms with Crippen molar-refractivity contribution in [2.75, 3.05) is 0 Å². The van der Waals surface area contributed by atoms with Gasteiger partial charge in [0.15, 0.2) is 0 Å². The number of rotatable bonds is 2. The Bertz CT molecular complexity index is 725. The summed E-state index contributed by atoms with van der Waals surface area (Å²) in [6.45, 7) is -0.191. The zero-order chi connectivity index (χ0) is 12.7. The van der Waals surface area contributed by atoms with Crippen LogP contribution in [0.2, 0.25) is 10.0 Å². The average molecular weight is 302 g/mol. The fourth-order valence-corrected chi connectivity index (χ4v) is 2.75. The third-order valence-corrected chi connectivity index (χ3v) is 3.46. The highest BCUT2D eigenvalue weighted by molar-refractivity contribution is 7.00. The first-order valence-electron chi connectivity index (χ1n) is 4.83. The van der Waals surface area contributed by atoms with Crippen molar-refractivity contribution < 1.29 is 5.11 Å². The van der Waals surface area contributed by atoms with Crippen LogP contribution in [0, 0.1) is 0 Å². The monoisotopic (exact) mass is 301 g/mol. The predicted molar refractivity (Wildman–Crippen MR) is 68.3 cm³/mol. The Labute approximate surface area is 115 Å². The van der Waals surface area contributed by atoms with E-state index in [2.05, 4.69) is 19.1 Å². The van der Waals surface area contributed by atoms with E-state index < -0.39 is 0 Å². The lowest BCUT2D eigenvalue weighted by Crippen LogP contribution is -1.98. The molecule has 3 aromatic rings. The summed E-state index contributed by atoms with van der Waals surface area (Å²) in [5.74, 6) is 0. The molecule has 1 aromatic carbocycles. The molecule has 0 saturated carbocycles. The molecule has 2 heterocycles. The van der Waals surface area contributed by atoms with Crippen molar-refractivity contribution in [2.45, 2.75) is 6.61 Å². The zero-order valence-corrected chi connectivity index (χ0v) is 11.0. The second kappa shape index (κ2) is 4.43. The molecule has 18 heavy (non-hydrogen) atoms. The van der Waals surface area contributed by atoms with Gasteiger partial charge in [-0.2, -0.15) is 8.75 Å². The van der Waals surface area contributed by atoms with Gasteiger partial charge in [-0.1, -0.05) is 28.4 Å². The molecule has 0 radical (unpaired) electrons. The molecule has 0 unspecified atom stereocenters. The number of hydrogen-bond donors (Lipinski definition) is 1. The number of benzene rings is 1. The lowest BCUT2D eigenvalue weighted by atomic mass is 10.2. The van der Waals surface area contributed by atoms with Crippen LogP contribution < -0.4 is 0 Å². The smallest absolute Gasteiger partial charge is 0.133 e. The van der Waals surface area contributed by atoms with Gasteiger partial charge in [0, 0.05) is 0 Å². The van der Waals surface area contributed by atoms with Crippen molar-refractivity contribution in [1.82, 2.24) is 23.7 Å². The maximum Gasteiger partial charge on any atom is 0.133 e. The Morgan fingerprint density at radius 1 is 1.22 bits per heavy atom. The van der Waals surface area contributed by atoms with E-state index in [1.54, 1.807) is 12.3 Å². The van der Waals surface area contributed by atoms with Crippen molar-refractivity contribution in [3.63, 3.8) is 0 Å². The van der Waals surface area contributed by atoms with Crippen LogP contribution in [0.15, 0.2) is 12.3 Å².